The quantitative estimate of drug-likeness (QED) is 0.361. The molecule has 0 fully saturated rings. The zero-order chi connectivity index (χ0) is 23.6. The van der Waals surface area contributed by atoms with E-state index in [4.69, 9.17) is 5.11 Å². The number of hydrogen-bond acceptors (Lipinski definition) is 3. The highest BCUT2D eigenvalue weighted by Gasteiger charge is 2.31. The van der Waals surface area contributed by atoms with Crippen LogP contribution in [0.3, 0.4) is 0 Å². The van der Waals surface area contributed by atoms with Gasteiger partial charge in [0.25, 0.3) is 0 Å². The fraction of sp³-hybridized carbons (Fsp3) is 0.360. The number of carbonyl (C=O) groups is 2. The van der Waals surface area contributed by atoms with Gasteiger partial charge in [0.15, 0.2) is 5.78 Å². The predicted molar refractivity (Wildman–Crippen MR) is 121 cm³/mol. The summed E-state index contributed by atoms with van der Waals surface area (Å²) in [6.45, 7) is 5.86. The second kappa shape index (κ2) is 9.45. The molecule has 3 aromatic rings. The molecule has 0 spiro atoms. The normalized spacial score (nSPS) is 12.0. The van der Waals surface area contributed by atoms with E-state index in [0.29, 0.717) is 23.1 Å². The third-order valence-corrected chi connectivity index (χ3v) is 6.79. The van der Waals surface area contributed by atoms with Gasteiger partial charge in [-0.15, -0.1) is 11.3 Å². The van der Waals surface area contributed by atoms with Gasteiger partial charge in [-0.1, -0.05) is 32.0 Å². The first kappa shape index (κ1) is 24.0. The highest BCUT2D eigenvalue weighted by molar-refractivity contribution is 7.19. The predicted octanol–water partition coefficient (Wildman–Crippen LogP) is 7.18. The lowest BCUT2D eigenvalue weighted by molar-refractivity contribution is -0.138. The number of carbonyl (C=O) groups excluding carboxylic acids is 1. The summed E-state index contributed by atoms with van der Waals surface area (Å²) >= 11 is 1.33. The summed E-state index contributed by atoms with van der Waals surface area (Å²) in [5, 5.41) is 9.67. The number of alkyl halides is 3. The molecule has 32 heavy (non-hydrogen) atoms. The molecule has 1 N–H and O–H groups in total. The van der Waals surface area contributed by atoms with E-state index in [1.807, 2.05) is 20.8 Å². The van der Waals surface area contributed by atoms with Crippen LogP contribution < -0.4 is 0 Å². The number of aliphatic carboxylic acids is 1. The van der Waals surface area contributed by atoms with Gasteiger partial charge in [0.05, 0.1) is 5.56 Å². The van der Waals surface area contributed by atoms with Crippen LogP contribution in [0.15, 0.2) is 36.4 Å². The van der Waals surface area contributed by atoms with Crippen LogP contribution in [0.2, 0.25) is 0 Å². The lowest BCUT2D eigenvalue weighted by Gasteiger charge is -2.10. The SMILES string of the molecule is Cc1cc(C(=O)CCc2sc3cc(C(F)(F)F)ccc3c2C(C)C)ccc1CCC(=O)O. The number of benzene rings is 2. The van der Waals surface area contributed by atoms with Gasteiger partial charge in [0.1, 0.15) is 0 Å². The van der Waals surface area contributed by atoms with Gasteiger partial charge in [-0.05, 0) is 66.0 Å². The van der Waals surface area contributed by atoms with E-state index in [0.717, 1.165) is 33.0 Å². The van der Waals surface area contributed by atoms with Crippen LogP contribution in [0.25, 0.3) is 10.1 Å². The molecule has 3 nitrogen and oxygen atoms in total. The number of thiophene rings is 1. The summed E-state index contributed by atoms with van der Waals surface area (Å²) in [6, 6.07) is 9.14. The van der Waals surface area contributed by atoms with E-state index in [2.05, 4.69) is 0 Å². The molecule has 0 aliphatic heterocycles. The summed E-state index contributed by atoms with van der Waals surface area (Å²) in [6.07, 6.45) is -3.22. The molecule has 0 atom stereocenters. The van der Waals surface area contributed by atoms with Gasteiger partial charge < -0.3 is 5.11 Å². The van der Waals surface area contributed by atoms with Crippen molar-refractivity contribution < 1.29 is 27.9 Å². The average molecular weight is 463 g/mol. The molecule has 7 heteroatoms. The van der Waals surface area contributed by atoms with Gasteiger partial charge in [-0.3, -0.25) is 9.59 Å². The van der Waals surface area contributed by atoms with Crippen LogP contribution in [0.4, 0.5) is 13.2 Å². The Balaban J connectivity index is 1.80. The first-order chi connectivity index (χ1) is 15.0. The fourth-order valence-electron chi connectivity index (χ4n) is 3.93. The van der Waals surface area contributed by atoms with Crippen LogP contribution in [-0.2, 0) is 23.8 Å². The lowest BCUT2D eigenvalue weighted by Crippen LogP contribution is -2.04. The van der Waals surface area contributed by atoms with Crippen molar-refractivity contribution in [3.8, 4) is 0 Å². The Bertz CT molecular complexity index is 1160. The summed E-state index contributed by atoms with van der Waals surface area (Å²) in [4.78, 5) is 24.5. The molecule has 170 valence electrons. The standard InChI is InChI=1S/C25H25F3O3S/c1-14(2)24-19-8-7-18(25(26,27)28)13-22(19)32-21(24)10-9-20(29)17-5-4-16(15(3)12-17)6-11-23(30)31/h4-5,7-8,12-14H,6,9-11H2,1-3H3,(H,30,31). The molecule has 0 radical (unpaired) electrons. The van der Waals surface area contributed by atoms with Gasteiger partial charge in [0, 0.05) is 28.0 Å². The summed E-state index contributed by atoms with van der Waals surface area (Å²) in [7, 11) is 0. The Kier molecular flexibility index (Phi) is 7.08. The molecule has 0 saturated heterocycles. The van der Waals surface area contributed by atoms with Crippen LogP contribution in [0.1, 0.15) is 70.1 Å². The van der Waals surface area contributed by atoms with Crippen LogP contribution in [0.5, 0.6) is 0 Å². The Hall–Kier alpha value is -2.67. The number of carboxylic acid groups (broad SMARTS) is 1. The van der Waals surface area contributed by atoms with E-state index >= 15 is 0 Å². The monoisotopic (exact) mass is 462 g/mol. The zero-order valence-electron chi connectivity index (χ0n) is 18.2. The largest absolute Gasteiger partial charge is 0.481 e. The molecule has 0 unspecified atom stereocenters. The molecular weight excluding hydrogens is 437 g/mol. The van der Waals surface area contributed by atoms with Crippen molar-refractivity contribution in [2.75, 3.05) is 0 Å². The number of ketones is 1. The van der Waals surface area contributed by atoms with Crippen molar-refractivity contribution in [3.63, 3.8) is 0 Å². The number of carboxylic acids is 1. The Morgan fingerprint density at radius 1 is 1.03 bits per heavy atom. The van der Waals surface area contributed by atoms with Crippen LogP contribution in [-0.4, -0.2) is 16.9 Å². The minimum absolute atomic E-state index is 0.0358. The van der Waals surface area contributed by atoms with Crippen molar-refractivity contribution in [3.05, 3.63) is 69.1 Å². The number of hydrogen-bond donors (Lipinski definition) is 1. The number of halogens is 3. The molecule has 0 aliphatic carbocycles. The van der Waals surface area contributed by atoms with E-state index in [-0.39, 0.29) is 24.5 Å². The molecule has 1 heterocycles. The zero-order valence-corrected chi connectivity index (χ0v) is 19.0. The Morgan fingerprint density at radius 2 is 1.75 bits per heavy atom. The van der Waals surface area contributed by atoms with Crippen LogP contribution in [0, 0.1) is 6.92 Å². The average Bonchev–Trinajstić information content (AvgIpc) is 3.08. The van der Waals surface area contributed by atoms with E-state index in [1.54, 1.807) is 18.2 Å². The van der Waals surface area contributed by atoms with Gasteiger partial charge in [-0.2, -0.15) is 13.2 Å². The van der Waals surface area contributed by atoms with Crippen molar-refractivity contribution in [1.82, 2.24) is 0 Å². The molecule has 2 aromatic carbocycles. The highest BCUT2D eigenvalue weighted by atomic mass is 32.1. The Morgan fingerprint density at radius 3 is 2.34 bits per heavy atom. The smallest absolute Gasteiger partial charge is 0.416 e. The highest BCUT2D eigenvalue weighted by Crippen LogP contribution is 2.40. The molecule has 3 rings (SSSR count). The molecule has 0 aliphatic rings. The number of aryl methyl sites for hydroxylation is 3. The molecule has 0 amide bonds. The first-order valence-electron chi connectivity index (χ1n) is 10.4. The maximum absolute atomic E-state index is 13.1. The van der Waals surface area contributed by atoms with E-state index in [1.165, 1.54) is 23.5 Å². The van der Waals surface area contributed by atoms with Crippen molar-refractivity contribution >= 4 is 33.2 Å². The minimum atomic E-state index is -4.39. The minimum Gasteiger partial charge on any atom is -0.481 e. The maximum Gasteiger partial charge on any atom is 0.416 e. The van der Waals surface area contributed by atoms with Crippen molar-refractivity contribution in [2.24, 2.45) is 0 Å². The van der Waals surface area contributed by atoms with Gasteiger partial charge >= 0.3 is 12.1 Å². The molecule has 0 saturated carbocycles. The summed E-state index contributed by atoms with van der Waals surface area (Å²) < 4.78 is 39.9. The summed E-state index contributed by atoms with van der Waals surface area (Å²) in [5.41, 5.74) is 2.68. The lowest BCUT2D eigenvalue weighted by atomic mass is 9.95. The van der Waals surface area contributed by atoms with Crippen LogP contribution >= 0.6 is 11.3 Å². The Labute approximate surface area is 188 Å². The first-order valence-corrected chi connectivity index (χ1v) is 11.3. The van der Waals surface area contributed by atoms with E-state index in [9.17, 15) is 22.8 Å². The van der Waals surface area contributed by atoms with Crippen molar-refractivity contribution in [2.45, 2.75) is 58.5 Å². The van der Waals surface area contributed by atoms with E-state index < -0.39 is 17.7 Å². The second-order valence-electron chi connectivity index (χ2n) is 8.26. The molecule has 0 bridgehead atoms. The van der Waals surface area contributed by atoms with Gasteiger partial charge in [0.2, 0.25) is 0 Å². The maximum atomic E-state index is 13.1. The van der Waals surface area contributed by atoms with Crippen molar-refractivity contribution in [1.29, 1.82) is 0 Å². The number of Topliss-reactive ketones (excluding diaryl/α,β-unsaturated/α-hetero) is 1. The fourth-order valence-corrected chi connectivity index (χ4v) is 5.32. The molecular formula is C25H25F3O3S. The summed E-state index contributed by atoms with van der Waals surface area (Å²) in [5.74, 6) is -0.779. The third-order valence-electron chi connectivity index (χ3n) is 5.56. The van der Waals surface area contributed by atoms with Gasteiger partial charge in [-0.25, -0.2) is 0 Å². The molecule has 1 aromatic heterocycles. The second-order valence-corrected chi connectivity index (χ2v) is 9.40. The third kappa shape index (κ3) is 5.38. The number of fused-ring (bicyclic) bond motifs is 1. The topological polar surface area (TPSA) is 54.4 Å². The number of rotatable bonds is 8.